The van der Waals surface area contributed by atoms with E-state index in [1.807, 2.05) is 34.6 Å². The molecule has 1 amide bonds. The molecule has 2 aliphatic heterocycles. The van der Waals surface area contributed by atoms with Gasteiger partial charge in [-0.3, -0.25) is 4.79 Å². The van der Waals surface area contributed by atoms with Crippen LogP contribution in [0, 0.1) is 17.3 Å². The average molecular weight is 297 g/mol. The van der Waals surface area contributed by atoms with Crippen LogP contribution in [0.3, 0.4) is 0 Å². The molecule has 0 aromatic rings. The predicted octanol–water partition coefficient (Wildman–Crippen LogP) is 2.15. The summed E-state index contributed by atoms with van der Waals surface area (Å²) in [4.78, 5) is 26.2. The Morgan fingerprint density at radius 2 is 1.81 bits per heavy atom. The van der Waals surface area contributed by atoms with Gasteiger partial charge in [-0.15, -0.1) is 0 Å². The Hall–Kier alpha value is -1.10. The lowest BCUT2D eigenvalue weighted by Gasteiger charge is -2.45. The van der Waals surface area contributed by atoms with Gasteiger partial charge >= 0.3 is 5.97 Å². The first-order chi connectivity index (χ1) is 9.66. The molecule has 1 N–H and O–H groups in total. The zero-order chi connectivity index (χ0) is 15.9. The van der Waals surface area contributed by atoms with Crippen molar-refractivity contribution in [3.63, 3.8) is 0 Å². The van der Waals surface area contributed by atoms with Crippen molar-refractivity contribution in [2.24, 2.45) is 17.3 Å². The van der Waals surface area contributed by atoms with E-state index in [0.717, 1.165) is 12.8 Å². The molecular formula is C16H27NO4. The smallest absolute Gasteiger partial charge is 0.326 e. The summed E-state index contributed by atoms with van der Waals surface area (Å²) >= 11 is 0. The van der Waals surface area contributed by atoms with Crippen LogP contribution in [-0.4, -0.2) is 46.7 Å². The van der Waals surface area contributed by atoms with Crippen LogP contribution in [0.25, 0.3) is 0 Å². The maximum atomic E-state index is 13.0. The van der Waals surface area contributed by atoms with E-state index in [0.29, 0.717) is 6.54 Å². The van der Waals surface area contributed by atoms with E-state index in [4.69, 9.17) is 4.74 Å². The molecule has 0 aromatic heterocycles. The summed E-state index contributed by atoms with van der Waals surface area (Å²) in [7, 11) is 0. The van der Waals surface area contributed by atoms with Gasteiger partial charge in [0.1, 0.15) is 6.04 Å². The molecule has 0 aromatic carbocycles. The number of likely N-dealkylation sites (tertiary alicyclic amines) is 1. The topological polar surface area (TPSA) is 66.8 Å². The summed E-state index contributed by atoms with van der Waals surface area (Å²) in [6.07, 6.45) is 1.57. The quantitative estimate of drug-likeness (QED) is 0.848. The van der Waals surface area contributed by atoms with Crippen LogP contribution >= 0.6 is 0 Å². The van der Waals surface area contributed by atoms with Gasteiger partial charge in [0, 0.05) is 6.54 Å². The Labute approximate surface area is 126 Å². The summed E-state index contributed by atoms with van der Waals surface area (Å²) in [5, 5.41) is 9.59. The Kier molecular flexibility index (Phi) is 4.34. The number of rotatable bonds is 2. The molecule has 2 fully saturated rings. The van der Waals surface area contributed by atoms with Crippen molar-refractivity contribution in [3.8, 4) is 0 Å². The molecule has 0 spiro atoms. The standard InChI is InChI=1S/C16H27NO4/c1-9-10(2)21-11(3)12(9)14(18)17-8-6-7-16(4,5)13(17)15(19)20/h9-13H,6-8H2,1-5H3,(H,19,20). The minimum atomic E-state index is -0.902. The van der Waals surface area contributed by atoms with Crippen molar-refractivity contribution in [2.75, 3.05) is 6.54 Å². The number of aliphatic carboxylic acids is 1. The number of carboxylic acid groups (broad SMARTS) is 1. The molecule has 120 valence electrons. The molecule has 5 unspecified atom stereocenters. The zero-order valence-electron chi connectivity index (χ0n) is 13.6. The molecule has 2 aliphatic rings. The number of nitrogens with zero attached hydrogens (tertiary/aromatic N) is 1. The fourth-order valence-corrected chi connectivity index (χ4v) is 3.98. The summed E-state index contributed by atoms with van der Waals surface area (Å²) < 4.78 is 5.75. The molecule has 2 heterocycles. The lowest BCUT2D eigenvalue weighted by Crippen LogP contribution is -2.58. The Balaban J connectivity index is 2.26. The van der Waals surface area contributed by atoms with Gasteiger partial charge in [0.15, 0.2) is 0 Å². The van der Waals surface area contributed by atoms with Gasteiger partial charge in [0.2, 0.25) is 5.91 Å². The molecule has 5 atom stereocenters. The van der Waals surface area contributed by atoms with Crippen molar-refractivity contribution in [1.82, 2.24) is 4.90 Å². The third-order valence-electron chi connectivity index (χ3n) is 5.32. The first-order valence-corrected chi connectivity index (χ1v) is 7.85. The number of carbonyl (C=O) groups is 2. The van der Waals surface area contributed by atoms with Crippen molar-refractivity contribution in [3.05, 3.63) is 0 Å². The summed E-state index contributed by atoms with van der Waals surface area (Å²) in [6, 6.07) is -0.742. The highest BCUT2D eigenvalue weighted by Gasteiger charge is 2.50. The highest BCUT2D eigenvalue weighted by atomic mass is 16.5. The Bertz CT molecular complexity index is 434. The number of carboxylic acids is 1. The lowest BCUT2D eigenvalue weighted by atomic mass is 9.75. The second kappa shape index (κ2) is 5.59. The van der Waals surface area contributed by atoms with E-state index in [1.54, 1.807) is 4.90 Å². The monoisotopic (exact) mass is 297 g/mol. The van der Waals surface area contributed by atoms with Gasteiger partial charge < -0.3 is 14.7 Å². The lowest BCUT2D eigenvalue weighted by molar-refractivity contribution is -0.162. The molecule has 0 saturated carbocycles. The zero-order valence-corrected chi connectivity index (χ0v) is 13.6. The molecule has 2 rings (SSSR count). The Morgan fingerprint density at radius 1 is 1.19 bits per heavy atom. The van der Waals surface area contributed by atoms with Crippen LogP contribution in [0.15, 0.2) is 0 Å². The molecule has 2 saturated heterocycles. The Morgan fingerprint density at radius 3 is 2.29 bits per heavy atom. The van der Waals surface area contributed by atoms with E-state index in [1.165, 1.54) is 0 Å². The van der Waals surface area contributed by atoms with Gasteiger partial charge in [0.25, 0.3) is 0 Å². The fraction of sp³-hybridized carbons (Fsp3) is 0.875. The fourth-order valence-electron chi connectivity index (χ4n) is 3.98. The first kappa shape index (κ1) is 16.3. The van der Waals surface area contributed by atoms with E-state index >= 15 is 0 Å². The van der Waals surface area contributed by atoms with E-state index in [-0.39, 0.29) is 30.0 Å². The highest BCUT2D eigenvalue weighted by Crippen LogP contribution is 2.39. The van der Waals surface area contributed by atoms with Crippen LogP contribution in [0.2, 0.25) is 0 Å². The van der Waals surface area contributed by atoms with Crippen molar-refractivity contribution >= 4 is 11.9 Å². The van der Waals surface area contributed by atoms with Crippen LogP contribution in [0.1, 0.15) is 47.5 Å². The summed E-state index contributed by atoms with van der Waals surface area (Å²) in [6.45, 7) is 10.3. The van der Waals surface area contributed by atoms with Crippen LogP contribution in [0.5, 0.6) is 0 Å². The number of amides is 1. The second-order valence-electron chi connectivity index (χ2n) is 7.30. The first-order valence-electron chi connectivity index (χ1n) is 7.85. The van der Waals surface area contributed by atoms with Gasteiger partial charge in [-0.1, -0.05) is 20.8 Å². The van der Waals surface area contributed by atoms with E-state index < -0.39 is 17.4 Å². The van der Waals surface area contributed by atoms with Gasteiger partial charge in [-0.05, 0) is 38.0 Å². The molecule has 21 heavy (non-hydrogen) atoms. The largest absolute Gasteiger partial charge is 0.480 e. The van der Waals surface area contributed by atoms with Crippen LogP contribution in [-0.2, 0) is 14.3 Å². The normalized spacial score (nSPS) is 39.3. The summed E-state index contributed by atoms with van der Waals surface area (Å²) in [5.74, 6) is -1.08. The van der Waals surface area contributed by atoms with Crippen molar-refractivity contribution < 1.29 is 19.4 Å². The molecule has 0 aliphatic carbocycles. The number of piperidine rings is 1. The van der Waals surface area contributed by atoms with Gasteiger partial charge in [0.05, 0.1) is 18.1 Å². The average Bonchev–Trinajstić information content (AvgIpc) is 2.60. The van der Waals surface area contributed by atoms with Crippen LogP contribution < -0.4 is 0 Å². The van der Waals surface area contributed by atoms with E-state index in [2.05, 4.69) is 0 Å². The molecule has 0 radical (unpaired) electrons. The maximum absolute atomic E-state index is 13.0. The third-order valence-corrected chi connectivity index (χ3v) is 5.32. The molecule has 5 heteroatoms. The summed E-state index contributed by atoms with van der Waals surface area (Å²) in [5.41, 5.74) is -0.392. The SMILES string of the molecule is CC1OC(C)C(C(=O)N2CCCC(C)(C)C2C(=O)O)C1C. The predicted molar refractivity (Wildman–Crippen MR) is 78.8 cm³/mol. The third kappa shape index (κ3) is 2.80. The number of carbonyl (C=O) groups excluding carboxylic acids is 1. The molecular weight excluding hydrogens is 270 g/mol. The minimum absolute atomic E-state index is 0.0371. The van der Waals surface area contributed by atoms with Crippen molar-refractivity contribution in [1.29, 1.82) is 0 Å². The number of hydrogen-bond acceptors (Lipinski definition) is 3. The van der Waals surface area contributed by atoms with E-state index in [9.17, 15) is 14.7 Å². The number of hydrogen-bond donors (Lipinski definition) is 1. The van der Waals surface area contributed by atoms with Crippen molar-refractivity contribution in [2.45, 2.75) is 65.7 Å². The molecule has 5 nitrogen and oxygen atoms in total. The van der Waals surface area contributed by atoms with Crippen LogP contribution in [0.4, 0.5) is 0 Å². The number of ether oxygens (including phenoxy) is 1. The highest BCUT2D eigenvalue weighted by molar-refractivity contribution is 5.86. The van der Waals surface area contributed by atoms with Gasteiger partial charge in [-0.25, -0.2) is 4.79 Å². The molecule has 0 bridgehead atoms. The van der Waals surface area contributed by atoms with Gasteiger partial charge in [-0.2, -0.15) is 0 Å². The minimum Gasteiger partial charge on any atom is -0.480 e. The second-order valence-corrected chi connectivity index (χ2v) is 7.30. The maximum Gasteiger partial charge on any atom is 0.326 e.